The Morgan fingerprint density at radius 3 is 1.07 bits per heavy atom. The SMILES string of the molecule is [Br-].[Br-].c1cc(-c2cc[n+](CC[n+]3ccc(-c4ccncc4)cc3)cc2)ccn1. The van der Waals surface area contributed by atoms with Gasteiger partial charge in [-0.2, -0.15) is 9.13 Å². The van der Waals surface area contributed by atoms with Crippen LogP contribution < -0.4 is 43.1 Å². The van der Waals surface area contributed by atoms with E-state index in [2.05, 4.69) is 68.2 Å². The lowest BCUT2D eigenvalue weighted by atomic mass is 10.1. The average molecular weight is 500 g/mol. The van der Waals surface area contributed by atoms with E-state index in [-0.39, 0.29) is 34.0 Å². The highest BCUT2D eigenvalue weighted by molar-refractivity contribution is 5.61. The zero-order valence-electron chi connectivity index (χ0n) is 15.2. The molecule has 0 aromatic carbocycles. The van der Waals surface area contributed by atoms with Crippen LogP contribution >= 0.6 is 0 Å². The van der Waals surface area contributed by atoms with Gasteiger partial charge in [-0.25, -0.2) is 0 Å². The highest BCUT2D eigenvalue weighted by Gasteiger charge is 2.08. The number of pyridine rings is 4. The van der Waals surface area contributed by atoms with Crippen molar-refractivity contribution in [1.82, 2.24) is 9.97 Å². The quantitative estimate of drug-likeness (QED) is 0.276. The molecule has 0 atom stereocenters. The molecule has 0 aliphatic carbocycles. The minimum Gasteiger partial charge on any atom is -1.00 e. The molecule has 0 amide bonds. The first-order valence-electron chi connectivity index (χ1n) is 8.67. The summed E-state index contributed by atoms with van der Waals surface area (Å²) in [6.07, 6.45) is 15.8. The second-order valence-electron chi connectivity index (χ2n) is 6.12. The lowest BCUT2D eigenvalue weighted by Crippen LogP contribution is -3.00. The van der Waals surface area contributed by atoms with Crippen molar-refractivity contribution in [2.24, 2.45) is 0 Å². The third-order valence-corrected chi connectivity index (χ3v) is 4.43. The summed E-state index contributed by atoms with van der Waals surface area (Å²) < 4.78 is 4.41. The van der Waals surface area contributed by atoms with Crippen molar-refractivity contribution in [3.63, 3.8) is 0 Å². The highest BCUT2D eigenvalue weighted by atomic mass is 79.9. The van der Waals surface area contributed by atoms with Gasteiger partial charge in [0.15, 0.2) is 24.8 Å². The van der Waals surface area contributed by atoms with Gasteiger partial charge in [0, 0.05) is 49.1 Å². The van der Waals surface area contributed by atoms with Crippen molar-refractivity contribution in [2.45, 2.75) is 13.1 Å². The standard InChI is InChI=1S/C22H20N4.2BrH/c1-9-23-10-2-19(1)21-5-13-25(14-6-21)17-18-26-15-7-22(8-16-26)20-3-11-24-12-4-20;;/h1-16H,17-18H2;2*1H/q+2;;/p-2. The van der Waals surface area contributed by atoms with Crippen LogP contribution in [0, 0.1) is 0 Å². The Labute approximate surface area is 186 Å². The lowest BCUT2D eigenvalue weighted by Gasteiger charge is -2.01. The number of hydrogen-bond acceptors (Lipinski definition) is 2. The Balaban J connectivity index is 0.00000140. The number of rotatable bonds is 5. The first-order chi connectivity index (χ1) is 12.9. The van der Waals surface area contributed by atoms with E-state index in [4.69, 9.17) is 0 Å². The molecule has 0 N–H and O–H groups in total. The average Bonchev–Trinajstić information content (AvgIpc) is 2.74. The molecule has 4 nitrogen and oxygen atoms in total. The Morgan fingerprint density at radius 2 is 0.750 bits per heavy atom. The van der Waals surface area contributed by atoms with Crippen LogP contribution in [0.5, 0.6) is 0 Å². The monoisotopic (exact) mass is 498 g/mol. The molecular formula is C22H20Br2N4. The summed E-state index contributed by atoms with van der Waals surface area (Å²) in [7, 11) is 0. The van der Waals surface area contributed by atoms with Gasteiger partial charge < -0.3 is 34.0 Å². The van der Waals surface area contributed by atoms with Crippen LogP contribution in [0.15, 0.2) is 98.1 Å². The zero-order chi connectivity index (χ0) is 17.6. The minimum atomic E-state index is 0. The fraction of sp³-hybridized carbons (Fsp3) is 0.0909. The van der Waals surface area contributed by atoms with E-state index in [0.29, 0.717) is 0 Å². The molecule has 4 aromatic heterocycles. The Hall–Kier alpha value is -2.44. The predicted octanol–water partition coefficient (Wildman–Crippen LogP) is -2.91. The van der Waals surface area contributed by atoms with E-state index in [0.717, 1.165) is 13.1 Å². The van der Waals surface area contributed by atoms with Gasteiger partial charge in [-0.15, -0.1) is 0 Å². The van der Waals surface area contributed by atoms with E-state index < -0.39 is 0 Å². The summed E-state index contributed by atoms with van der Waals surface area (Å²) in [5, 5.41) is 0. The van der Waals surface area contributed by atoms with E-state index in [1.165, 1.54) is 22.3 Å². The molecule has 6 heteroatoms. The van der Waals surface area contributed by atoms with E-state index in [1.807, 2.05) is 49.1 Å². The summed E-state index contributed by atoms with van der Waals surface area (Å²) >= 11 is 0. The van der Waals surface area contributed by atoms with Crippen molar-refractivity contribution in [2.75, 3.05) is 0 Å². The molecule has 0 aliphatic rings. The number of aromatic nitrogens is 4. The van der Waals surface area contributed by atoms with Crippen molar-refractivity contribution < 1.29 is 43.1 Å². The molecule has 142 valence electrons. The summed E-state index contributed by atoms with van der Waals surface area (Å²) in [5.74, 6) is 0. The molecular weight excluding hydrogens is 480 g/mol. The summed E-state index contributed by atoms with van der Waals surface area (Å²) in [4.78, 5) is 8.13. The van der Waals surface area contributed by atoms with Crippen molar-refractivity contribution in [3.8, 4) is 22.3 Å². The van der Waals surface area contributed by atoms with E-state index in [1.54, 1.807) is 0 Å². The Morgan fingerprint density at radius 1 is 0.464 bits per heavy atom. The van der Waals surface area contributed by atoms with Crippen LogP contribution in [0.25, 0.3) is 22.3 Å². The first-order valence-corrected chi connectivity index (χ1v) is 8.67. The normalized spacial score (nSPS) is 9.86. The smallest absolute Gasteiger partial charge is 0.206 e. The maximum absolute atomic E-state index is 4.07. The fourth-order valence-corrected chi connectivity index (χ4v) is 2.92. The number of nitrogens with zero attached hydrogens (tertiary/aromatic N) is 4. The molecule has 0 spiro atoms. The third kappa shape index (κ3) is 5.53. The van der Waals surface area contributed by atoms with E-state index >= 15 is 0 Å². The molecule has 0 saturated heterocycles. The Kier molecular flexibility index (Phi) is 8.42. The molecule has 0 unspecified atom stereocenters. The second-order valence-corrected chi connectivity index (χ2v) is 6.12. The maximum Gasteiger partial charge on any atom is 0.206 e. The van der Waals surface area contributed by atoms with Gasteiger partial charge in [0.05, 0.1) is 0 Å². The van der Waals surface area contributed by atoms with Gasteiger partial charge in [0.25, 0.3) is 0 Å². The summed E-state index contributed by atoms with van der Waals surface area (Å²) in [6.45, 7) is 1.85. The van der Waals surface area contributed by atoms with Crippen LogP contribution in [0.1, 0.15) is 0 Å². The number of hydrogen-bond donors (Lipinski definition) is 0. The molecule has 0 saturated carbocycles. The van der Waals surface area contributed by atoms with Crippen molar-refractivity contribution in [3.05, 3.63) is 98.1 Å². The van der Waals surface area contributed by atoms with Crippen LogP contribution in [0.3, 0.4) is 0 Å². The first kappa shape index (κ1) is 21.9. The third-order valence-electron chi connectivity index (χ3n) is 4.43. The molecule has 28 heavy (non-hydrogen) atoms. The van der Waals surface area contributed by atoms with Gasteiger partial charge >= 0.3 is 0 Å². The van der Waals surface area contributed by atoms with Gasteiger partial charge in [0.2, 0.25) is 13.1 Å². The number of aryl methyl sites for hydroxylation is 2. The van der Waals surface area contributed by atoms with Crippen molar-refractivity contribution >= 4 is 0 Å². The molecule has 4 heterocycles. The highest BCUT2D eigenvalue weighted by Crippen LogP contribution is 2.16. The number of halogens is 2. The molecule has 0 bridgehead atoms. The van der Waals surface area contributed by atoms with Crippen molar-refractivity contribution in [1.29, 1.82) is 0 Å². The predicted molar refractivity (Wildman–Crippen MR) is 99.7 cm³/mol. The van der Waals surface area contributed by atoms with Gasteiger partial charge in [-0.05, 0) is 46.5 Å². The van der Waals surface area contributed by atoms with Crippen LogP contribution in [-0.2, 0) is 13.1 Å². The van der Waals surface area contributed by atoms with E-state index in [9.17, 15) is 0 Å². The van der Waals surface area contributed by atoms with Gasteiger partial charge in [-0.1, -0.05) is 0 Å². The summed E-state index contributed by atoms with van der Waals surface area (Å²) in [5.41, 5.74) is 4.79. The topological polar surface area (TPSA) is 33.5 Å². The summed E-state index contributed by atoms with van der Waals surface area (Å²) in [6, 6.07) is 16.7. The minimum absolute atomic E-state index is 0. The van der Waals surface area contributed by atoms with Gasteiger partial charge in [-0.3, -0.25) is 9.97 Å². The van der Waals surface area contributed by atoms with Crippen LogP contribution in [0.4, 0.5) is 0 Å². The van der Waals surface area contributed by atoms with Gasteiger partial charge in [0.1, 0.15) is 0 Å². The zero-order valence-corrected chi connectivity index (χ0v) is 18.4. The lowest BCUT2D eigenvalue weighted by molar-refractivity contribution is -0.778. The van der Waals surface area contributed by atoms with Crippen LogP contribution in [0.2, 0.25) is 0 Å². The largest absolute Gasteiger partial charge is 1.00 e. The Bertz CT molecular complexity index is 878. The fourth-order valence-electron chi connectivity index (χ4n) is 2.92. The van der Waals surface area contributed by atoms with Crippen LogP contribution in [-0.4, -0.2) is 9.97 Å². The molecule has 0 radical (unpaired) electrons. The maximum atomic E-state index is 4.07. The molecule has 0 aliphatic heterocycles. The molecule has 4 aromatic rings. The second kappa shape index (κ2) is 10.8. The molecule has 0 fully saturated rings. The molecule has 4 rings (SSSR count).